The Labute approximate surface area is 174 Å². The molecule has 1 saturated heterocycles. The van der Waals surface area contributed by atoms with Gasteiger partial charge in [-0.1, -0.05) is 38.1 Å². The van der Waals surface area contributed by atoms with Crippen LogP contribution >= 0.6 is 0 Å². The van der Waals surface area contributed by atoms with E-state index in [1.165, 1.54) is 0 Å². The van der Waals surface area contributed by atoms with Crippen LogP contribution in [-0.4, -0.2) is 68.0 Å². The van der Waals surface area contributed by atoms with Gasteiger partial charge in [-0.25, -0.2) is 0 Å². The number of ether oxygens (including phenoxy) is 4. The van der Waals surface area contributed by atoms with Gasteiger partial charge in [0.25, 0.3) is 0 Å². The van der Waals surface area contributed by atoms with Gasteiger partial charge in [0.15, 0.2) is 6.29 Å². The van der Waals surface area contributed by atoms with Crippen LogP contribution in [0.4, 0.5) is 0 Å². The fourth-order valence-corrected chi connectivity index (χ4v) is 3.28. The molecule has 0 aromatic heterocycles. The first-order chi connectivity index (χ1) is 14.0. The van der Waals surface area contributed by atoms with Crippen LogP contribution in [0.3, 0.4) is 0 Å². The first kappa shape index (κ1) is 23.6. The molecule has 6 heteroatoms. The van der Waals surface area contributed by atoms with Crippen LogP contribution in [0.15, 0.2) is 49.6 Å². The summed E-state index contributed by atoms with van der Waals surface area (Å²) >= 11 is 0. The number of aliphatic hydroxyl groups excluding tert-OH is 1. The Kier molecular flexibility index (Phi) is 9.84. The Morgan fingerprint density at radius 3 is 2.55 bits per heavy atom. The molecule has 0 amide bonds. The van der Waals surface area contributed by atoms with Crippen molar-refractivity contribution in [2.45, 2.75) is 45.1 Å². The van der Waals surface area contributed by atoms with Crippen LogP contribution in [0.25, 0.3) is 0 Å². The van der Waals surface area contributed by atoms with Gasteiger partial charge < -0.3 is 24.1 Å². The normalized spacial score (nSPS) is 24.2. The minimum atomic E-state index is -0.862. The number of rotatable bonds is 13. The summed E-state index contributed by atoms with van der Waals surface area (Å²) in [5, 5.41) is 10.8. The highest BCUT2D eigenvalue weighted by molar-refractivity contribution is 5.27. The highest BCUT2D eigenvalue weighted by Gasteiger charge is 2.45. The van der Waals surface area contributed by atoms with Crippen molar-refractivity contribution in [2.75, 3.05) is 33.4 Å². The van der Waals surface area contributed by atoms with Crippen LogP contribution in [0, 0.1) is 5.92 Å². The first-order valence-electron chi connectivity index (χ1n) is 10.1. The third-order valence-corrected chi connectivity index (χ3v) is 4.67. The number of nitrogens with zero attached hydrogens (tertiary/aromatic N) is 1. The Morgan fingerprint density at radius 2 is 1.93 bits per heavy atom. The van der Waals surface area contributed by atoms with Gasteiger partial charge in [0.1, 0.15) is 24.1 Å². The lowest BCUT2D eigenvalue weighted by molar-refractivity contribution is -0.171. The van der Waals surface area contributed by atoms with Crippen molar-refractivity contribution in [3.63, 3.8) is 0 Å². The number of hydrogen-bond donors (Lipinski definition) is 1. The number of benzene rings is 1. The van der Waals surface area contributed by atoms with Crippen molar-refractivity contribution >= 4 is 0 Å². The quantitative estimate of drug-likeness (QED) is 0.509. The lowest BCUT2D eigenvalue weighted by Gasteiger charge is -2.26. The van der Waals surface area contributed by atoms with E-state index in [2.05, 4.69) is 31.9 Å². The summed E-state index contributed by atoms with van der Waals surface area (Å²) in [6.45, 7) is 14.6. The molecule has 1 aliphatic heterocycles. The van der Waals surface area contributed by atoms with Crippen molar-refractivity contribution in [3.8, 4) is 5.75 Å². The molecule has 1 aromatic rings. The number of methoxy groups -OCH3 is 1. The monoisotopic (exact) mass is 405 g/mol. The Morgan fingerprint density at radius 1 is 1.21 bits per heavy atom. The maximum absolute atomic E-state index is 10.8. The lowest BCUT2D eigenvalue weighted by atomic mass is 10.1. The van der Waals surface area contributed by atoms with Crippen molar-refractivity contribution < 1.29 is 24.1 Å². The van der Waals surface area contributed by atoms with Crippen LogP contribution < -0.4 is 4.74 Å². The number of hydrogen-bond acceptors (Lipinski definition) is 6. The summed E-state index contributed by atoms with van der Waals surface area (Å²) in [5.74, 6) is 1.12. The van der Waals surface area contributed by atoms with Crippen LogP contribution in [0.2, 0.25) is 0 Å². The predicted molar refractivity (Wildman–Crippen MR) is 114 cm³/mol. The lowest BCUT2D eigenvalue weighted by Crippen LogP contribution is -2.42. The van der Waals surface area contributed by atoms with Crippen molar-refractivity contribution in [2.24, 2.45) is 5.92 Å². The third-order valence-electron chi connectivity index (χ3n) is 4.67. The van der Waals surface area contributed by atoms with E-state index in [0.717, 1.165) is 11.3 Å². The fraction of sp³-hybridized carbons (Fsp3) is 0.565. The van der Waals surface area contributed by atoms with E-state index in [4.69, 9.17) is 18.9 Å². The van der Waals surface area contributed by atoms with E-state index in [0.29, 0.717) is 38.8 Å². The largest absolute Gasteiger partial charge is 0.497 e. The molecule has 0 spiro atoms. The average Bonchev–Trinajstić information content (AvgIpc) is 2.99. The van der Waals surface area contributed by atoms with Gasteiger partial charge in [-0.15, -0.1) is 13.2 Å². The molecular weight excluding hydrogens is 370 g/mol. The summed E-state index contributed by atoms with van der Waals surface area (Å²) in [7, 11) is 1.63. The van der Waals surface area contributed by atoms with Crippen molar-refractivity contribution in [1.82, 2.24) is 4.90 Å². The van der Waals surface area contributed by atoms with Crippen LogP contribution in [-0.2, 0) is 20.8 Å². The van der Waals surface area contributed by atoms with Crippen molar-refractivity contribution in [3.05, 3.63) is 55.1 Å². The van der Waals surface area contributed by atoms with Gasteiger partial charge in [0.2, 0.25) is 0 Å². The molecule has 1 N–H and O–H groups in total. The minimum absolute atomic E-state index is 0.326. The molecule has 0 saturated carbocycles. The SMILES string of the molecule is C=CCN(CC=C)CC1OC(OCC(C)C)C(O)C1OCc1cccc(OC)c1. The van der Waals surface area contributed by atoms with E-state index in [9.17, 15) is 5.11 Å². The van der Waals surface area contributed by atoms with Crippen LogP contribution in [0.1, 0.15) is 19.4 Å². The van der Waals surface area contributed by atoms with Gasteiger partial charge in [-0.3, -0.25) is 4.90 Å². The Hall–Kier alpha value is -1.70. The zero-order valence-electron chi connectivity index (χ0n) is 17.8. The average molecular weight is 406 g/mol. The zero-order valence-corrected chi connectivity index (χ0v) is 17.8. The maximum atomic E-state index is 10.8. The zero-order chi connectivity index (χ0) is 21.2. The molecule has 0 aliphatic carbocycles. The molecule has 4 unspecified atom stereocenters. The molecule has 1 aliphatic rings. The van der Waals surface area contributed by atoms with E-state index >= 15 is 0 Å². The molecule has 0 bridgehead atoms. The standard InChI is InChI=1S/C23H35NO5/c1-6-11-24(12-7-2)14-20-22(21(25)23(29-20)28-15-17(3)4)27-16-18-9-8-10-19(13-18)26-5/h6-10,13,17,20-23,25H,1-2,11-12,14-16H2,3-5H3. The van der Waals surface area contributed by atoms with Gasteiger partial charge in [0.05, 0.1) is 20.3 Å². The highest BCUT2D eigenvalue weighted by Crippen LogP contribution is 2.27. The molecule has 4 atom stereocenters. The van der Waals surface area contributed by atoms with Gasteiger partial charge in [-0.05, 0) is 23.6 Å². The molecule has 2 rings (SSSR count). The Bertz CT molecular complexity index is 625. The Balaban J connectivity index is 2.08. The second-order valence-corrected chi connectivity index (χ2v) is 7.68. The maximum Gasteiger partial charge on any atom is 0.186 e. The van der Waals surface area contributed by atoms with Crippen LogP contribution in [0.5, 0.6) is 5.75 Å². The first-order valence-corrected chi connectivity index (χ1v) is 10.1. The topological polar surface area (TPSA) is 60.4 Å². The predicted octanol–water partition coefficient (Wildman–Crippen LogP) is 3.01. The fourth-order valence-electron chi connectivity index (χ4n) is 3.28. The molecule has 1 aromatic carbocycles. The smallest absolute Gasteiger partial charge is 0.186 e. The summed E-state index contributed by atoms with van der Waals surface area (Å²) in [6.07, 6.45) is 1.29. The molecular formula is C23H35NO5. The molecule has 1 fully saturated rings. The highest BCUT2D eigenvalue weighted by atomic mass is 16.7. The van der Waals surface area contributed by atoms with Gasteiger partial charge in [-0.2, -0.15) is 0 Å². The summed E-state index contributed by atoms with van der Waals surface area (Å²) in [4.78, 5) is 2.14. The summed E-state index contributed by atoms with van der Waals surface area (Å²) < 4.78 is 23.2. The van der Waals surface area contributed by atoms with Crippen molar-refractivity contribution in [1.29, 1.82) is 0 Å². The second-order valence-electron chi connectivity index (χ2n) is 7.68. The van der Waals surface area contributed by atoms with E-state index < -0.39 is 18.5 Å². The van der Waals surface area contributed by atoms with Gasteiger partial charge in [0, 0.05) is 19.6 Å². The molecule has 29 heavy (non-hydrogen) atoms. The van der Waals surface area contributed by atoms with E-state index in [1.807, 2.05) is 36.4 Å². The number of aliphatic hydroxyl groups is 1. The van der Waals surface area contributed by atoms with E-state index in [-0.39, 0.29) is 6.10 Å². The molecule has 1 heterocycles. The van der Waals surface area contributed by atoms with E-state index in [1.54, 1.807) is 7.11 Å². The minimum Gasteiger partial charge on any atom is -0.497 e. The summed E-state index contributed by atoms with van der Waals surface area (Å²) in [6, 6.07) is 7.69. The summed E-state index contributed by atoms with van der Waals surface area (Å²) in [5.41, 5.74) is 0.968. The second kappa shape index (κ2) is 12.1. The third kappa shape index (κ3) is 7.24. The molecule has 0 radical (unpaired) electrons. The molecule has 6 nitrogen and oxygen atoms in total. The molecule has 162 valence electrons. The van der Waals surface area contributed by atoms with Gasteiger partial charge >= 0.3 is 0 Å².